The molecule has 2 N–H and O–H groups in total. The highest BCUT2D eigenvalue weighted by Gasteiger charge is 2.21. The Kier molecular flexibility index (Phi) is 5.35. The van der Waals surface area contributed by atoms with Crippen molar-refractivity contribution in [3.63, 3.8) is 0 Å². The number of nitrogens with zero attached hydrogens (tertiary/aromatic N) is 1. The molecule has 1 heterocycles. The second kappa shape index (κ2) is 7.24. The van der Waals surface area contributed by atoms with E-state index in [2.05, 4.69) is 15.6 Å². The van der Waals surface area contributed by atoms with E-state index >= 15 is 0 Å². The third kappa shape index (κ3) is 5.17. The van der Waals surface area contributed by atoms with Gasteiger partial charge in [0, 0.05) is 24.8 Å². The molecule has 110 valence electrons. The smallest absolute Gasteiger partial charge is 0.233 e. The molecule has 20 heavy (non-hydrogen) atoms. The van der Waals surface area contributed by atoms with E-state index in [-0.39, 0.29) is 12.0 Å². The van der Waals surface area contributed by atoms with Gasteiger partial charge in [0.25, 0.3) is 0 Å². The average molecular weight is 277 g/mol. The van der Waals surface area contributed by atoms with Crippen LogP contribution in [0.1, 0.15) is 32.3 Å². The lowest BCUT2D eigenvalue weighted by atomic mass is 10.2. The molecule has 1 fully saturated rings. The fourth-order valence-corrected chi connectivity index (χ4v) is 1.84. The molecule has 0 aliphatic heterocycles. The number of nitrogens with one attached hydrogen (secondary N) is 2. The van der Waals surface area contributed by atoms with Gasteiger partial charge in [0.05, 0.1) is 12.6 Å². The van der Waals surface area contributed by atoms with Crippen molar-refractivity contribution in [3.05, 3.63) is 23.9 Å². The van der Waals surface area contributed by atoms with E-state index < -0.39 is 0 Å². The monoisotopic (exact) mass is 277 g/mol. The van der Waals surface area contributed by atoms with Gasteiger partial charge in [-0.1, -0.05) is 6.07 Å². The summed E-state index contributed by atoms with van der Waals surface area (Å²) in [4.78, 5) is 15.8. The van der Waals surface area contributed by atoms with Crippen LogP contribution in [0.25, 0.3) is 0 Å². The number of amides is 1. The topological polar surface area (TPSA) is 63.2 Å². The minimum atomic E-state index is 0.0483. The van der Waals surface area contributed by atoms with Crippen molar-refractivity contribution in [2.24, 2.45) is 5.92 Å². The van der Waals surface area contributed by atoms with Crippen molar-refractivity contribution in [3.8, 4) is 5.88 Å². The van der Waals surface area contributed by atoms with Gasteiger partial charge in [-0.15, -0.1) is 0 Å². The van der Waals surface area contributed by atoms with E-state index in [0.29, 0.717) is 24.9 Å². The molecule has 0 spiro atoms. The summed E-state index contributed by atoms with van der Waals surface area (Å²) in [6, 6.07) is 3.83. The Morgan fingerprint density at radius 2 is 2.30 bits per heavy atom. The Morgan fingerprint density at radius 1 is 1.50 bits per heavy atom. The van der Waals surface area contributed by atoms with Gasteiger partial charge >= 0.3 is 0 Å². The molecule has 5 nitrogen and oxygen atoms in total. The summed E-state index contributed by atoms with van der Waals surface area (Å²) in [6.45, 7) is 5.65. The summed E-state index contributed by atoms with van der Waals surface area (Å²) < 4.78 is 5.64. The zero-order valence-electron chi connectivity index (χ0n) is 12.2. The first kappa shape index (κ1) is 14.8. The van der Waals surface area contributed by atoms with E-state index in [4.69, 9.17) is 4.74 Å². The number of pyridine rings is 1. The molecule has 0 bridgehead atoms. The van der Waals surface area contributed by atoms with E-state index in [1.165, 1.54) is 12.8 Å². The van der Waals surface area contributed by atoms with Gasteiger partial charge in [0.2, 0.25) is 11.8 Å². The van der Waals surface area contributed by atoms with Crippen molar-refractivity contribution >= 4 is 5.91 Å². The Morgan fingerprint density at radius 3 is 3.00 bits per heavy atom. The number of carbonyl (C=O) groups is 1. The van der Waals surface area contributed by atoms with E-state index in [1.807, 2.05) is 26.0 Å². The molecule has 0 radical (unpaired) electrons. The number of rotatable bonds is 8. The molecular formula is C15H23N3O2. The minimum Gasteiger partial charge on any atom is -0.475 e. The zero-order valence-corrected chi connectivity index (χ0v) is 12.2. The maximum absolute atomic E-state index is 11.6. The van der Waals surface area contributed by atoms with Crippen molar-refractivity contribution in [1.82, 2.24) is 15.6 Å². The first-order chi connectivity index (χ1) is 9.65. The second-order valence-electron chi connectivity index (χ2n) is 5.49. The van der Waals surface area contributed by atoms with Crippen LogP contribution in [0.5, 0.6) is 5.88 Å². The zero-order chi connectivity index (χ0) is 14.4. The third-order valence-corrected chi connectivity index (χ3v) is 3.08. The minimum absolute atomic E-state index is 0.0483. The van der Waals surface area contributed by atoms with Crippen LogP contribution in [0.2, 0.25) is 0 Å². The maximum Gasteiger partial charge on any atom is 0.233 e. The first-order valence-electron chi connectivity index (χ1n) is 7.23. The quantitative estimate of drug-likeness (QED) is 0.755. The van der Waals surface area contributed by atoms with Crippen LogP contribution in [0, 0.1) is 5.92 Å². The molecule has 0 unspecified atom stereocenters. The molecule has 2 rings (SSSR count). The van der Waals surface area contributed by atoms with Gasteiger partial charge in [-0.25, -0.2) is 4.98 Å². The second-order valence-corrected chi connectivity index (χ2v) is 5.49. The standard InChI is InChI=1S/C15H23N3O2/c1-11(2)20-15-13(4-3-7-17-15)9-16-10-14(19)18-8-12-5-6-12/h3-4,7,11-12,16H,5-6,8-10H2,1-2H3,(H,18,19). The van der Waals surface area contributed by atoms with Crippen molar-refractivity contribution in [2.45, 2.75) is 39.3 Å². The van der Waals surface area contributed by atoms with Gasteiger partial charge in [0.1, 0.15) is 0 Å². The molecule has 0 saturated heterocycles. The Labute approximate surface area is 120 Å². The molecule has 5 heteroatoms. The van der Waals surface area contributed by atoms with E-state index in [0.717, 1.165) is 12.1 Å². The predicted octanol–water partition coefficient (Wildman–Crippen LogP) is 1.48. The van der Waals surface area contributed by atoms with Crippen molar-refractivity contribution < 1.29 is 9.53 Å². The van der Waals surface area contributed by atoms with Gasteiger partial charge in [-0.3, -0.25) is 4.79 Å². The van der Waals surface area contributed by atoms with Crippen LogP contribution < -0.4 is 15.4 Å². The van der Waals surface area contributed by atoms with E-state index in [9.17, 15) is 4.79 Å². The molecule has 0 aromatic carbocycles. The van der Waals surface area contributed by atoms with Gasteiger partial charge < -0.3 is 15.4 Å². The molecule has 1 amide bonds. The highest BCUT2D eigenvalue weighted by Crippen LogP contribution is 2.27. The van der Waals surface area contributed by atoms with Crippen LogP contribution in [0.3, 0.4) is 0 Å². The molecule has 1 aliphatic rings. The molecule has 1 aromatic heterocycles. The number of carbonyl (C=O) groups excluding carboxylic acids is 1. The average Bonchev–Trinajstić information content (AvgIpc) is 3.22. The summed E-state index contributed by atoms with van der Waals surface area (Å²) in [6.07, 6.45) is 4.30. The summed E-state index contributed by atoms with van der Waals surface area (Å²) in [5, 5.41) is 6.06. The highest BCUT2D eigenvalue weighted by atomic mass is 16.5. The summed E-state index contributed by atoms with van der Waals surface area (Å²) in [7, 11) is 0. The molecule has 1 aromatic rings. The molecular weight excluding hydrogens is 254 g/mol. The van der Waals surface area contributed by atoms with Crippen LogP contribution in [-0.2, 0) is 11.3 Å². The Bertz CT molecular complexity index is 444. The Balaban J connectivity index is 1.73. The Hall–Kier alpha value is -1.62. The highest BCUT2D eigenvalue weighted by molar-refractivity contribution is 5.78. The SMILES string of the molecule is CC(C)Oc1ncccc1CNCC(=O)NCC1CC1. The number of hydrogen-bond donors (Lipinski definition) is 2. The first-order valence-corrected chi connectivity index (χ1v) is 7.23. The van der Waals surface area contributed by atoms with Gasteiger partial charge in [-0.05, 0) is 38.7 Å². The molecule has 1 saturated carbocycles. The number of hydrogen-bond acceptors (Lipinski definition) is 4. The fraction of sp³-hybridized carbons (Fsp3) is 0.600. The van der Waals surface area contributed by atoms with Gasteiger partial charge in [-0.2, -0.15) is 0 Å². The third-order valence-electron chi connectivity index (χ3n) is 3.08. The summed E-state index contributed by atoms with van der Waals surface area (Å²) in [5.74, 6) is 1.39. The van der Waals surface area contributed by atoms with Crippen molar-refractivity contribution in [2.75, 3.05) is 13.1 Å². The van der Waals surface area contributed by atoms with Crippen LogP contribution >= 0.6 is 0 Å². The number of aromatic nitrogens is 1. The fourth-order valence-electron chi connectivity index (χ4n) is 1.84. The summed E-state index contributed by atoms with van der Waals surface area (Å²) >= 11 is 0. The lowest BCUT2D eigenvalue weighted by molar-refractivity contribution is -0.120. The molecule has 1 aliphatic carbocycles. The van der Waals surface area contributed by atoms with Gasteiger partial charge in [0.15, 0.2) is 0 Å². The molecule has 0 atom stereocenters. The van der Waals surface area contributed by atoms with Crippen LogP contribution in [0.4, 0.5) is 0 Å². The van der Waals surface area contributed by atoms with Crippen LogP contribution in [-0.4, -0.2) is 30.1 Å². The lowest BCUT2D eigenvalue weighted by Gasteiger charge is -2.13. The largest absolute Gasteiger partial charge is 0.475 e. The van der Waals surface area contributed by atoms with Crippen molar-refractivity contribution in [1.29, 1.82) is 0 Å². The van der Waals surface area contributed by atoms with Crippen LogP contribution in [0.15, 0.2) is 18.3 Å². The lowest BCUT2D eigenvalue weighted by Crippen LogP contribution is -2.34. The predicted molar refractivity (Wildman–Crippen MR) is 77.4 cm³/mol. The maximum atomic E-state index is 11.6. The normalized spacial score (nSPS) is 14.3. The summed E-state index contributed by atoms with van der Waals surface area (Å²) in [5.41, 5.74) is 0.969. The van der Waals surface area contributed by atoms with E-state index in [1.54, 1.807) is 6.20 Å². The number of ether oxygens (including phenoxy) is 1.